The lowest BCUT2D eigenvalue weighted by Crippen LogP contribution is -2.68. The fourth-order valence-electron chi connectivity index (χ4n) is 6.44. The number of aliphatic hydroxyl groups is 4. The third-order valence-corrected chi connectivity index (χ3v) is 8.00. The Morgan fingerprint density at radius 3 is 2.24 bits per heavy atom. The first-order valence-corrected chi connectivity index (χ1v) is 11.9. The lowest BCUT2D eigenvalue weighted by Gasteiger charge is -2.54. The highest BCUT2D eigenvalue weighted by atomic mass is 19.1. The molecule has 2 aromatic rings. The number of phenolic OH excluding ortho intramolecular Hbond substituents is 1. The zero-order valence-corrected chi connectivity index (χ0v) is 20.7. The molecular formula is C28H26FNO8. The van der Waals surface area contributed by atoms with Crippen LogP contribution in [0, 0.1) is 17.7 Å². The van der Waals surface area contributed by atoms with Crippen LogP contribution >= 0.6 is 0 Å². The van der Waals surface area contributed by atoms with Gasteiger partial charge in [0.15, 0.2) is 17.2 Å². The molecule has 3 aliphatic carbocycles. The highest BCUT2D eigenvalue weighted by Crippen LogP contribution is 2.57. The van der Waals surface area contributed by atoms with E-state index in [1.54, 1.807) is 6.07 Å². The number of hydrogen-bond acceptors (Lipinski definition) is 9. The summed E-state index contributed by atoms with van der Waals surface area (Å²) in [5.74, 6) is -9.62. The average molecular weight is 524 g/mol. The van der Waals surface area contributed by atoms with Gasteiger partial charge < -0.3 is 25.5 Å². The molecule has 0 saturated heterocycles. The molecule has 0 fully saturated rings. The van der Waals surface area contributed by atoms with Gasteiger partial charge >= 0.3 is 0 Å². The van der Waals surface area contributed by atoms with Crippen LogP contribution in [0.1, 0.15) is 34.3 Å². The average Bonchev–Trinajstić information content (AvgIpc) is 2.84. The predicted molar refractivity (Wildman–Crippen MR) is 131 cm³/mol. The Balaban J connectivity index is 1.87. The van der Waals surface area contributed by atoms with E-state index in [9.17, 15) is 44.3 Å². The number of hydrogen-bond donors (Lipinski definition) is 5. The Morgan fingerprint density at radius 2 is 1.66 bits per heavy atom. The molecule has 38 heavy (non-hydrogen) atoms. The standard InChI is InChI=1S/C28H26FNO8/c1-11(31)16-25(35)22(30(2)3)21-24(34)19-17(12-7-9-13(29)10-8-12)14-5-4-6-15(32)18(14)23(33)20(19)27(37)28(21,38)26(16)36/h4-10,17,19,21-22,24,32,34-35,37-38H,1-3H3/t17-,19-,21-,22+,24+,28-/m1/s1. The number of rotatable bonds is 3. The van der Waals surface area contributed by atoms with Gasteiger partial charge in [-0.25, -0.2) is 4.39 Å². The van der Waals surface area contributed by atoms with Crippen molar-refractivity contribution in [3.8, 4) is 5.75 Å². The number of aromatic hydroxyl groups is 1. The molecular weight excluding hydrogens is 497 g/mol. The van der Waals surface area contributed by atoms with Gasteiger partial charge in [-0.05, 0) is 50.3 Å². The van der Waals surface area contributed by atoms with Crippen molar-refractivity contribution in [1.29, 1.82) is 0 Å². The number of aliphatic hydroxyl groups excluding tert-OH is 3. The van der Waals surface area contributed by atoms with Crippen LogP contribution in [-0.2, 0) is 9.59 Å². The molecule has 0 heterocycles. The van der Waals surface area contributed by atoms with Crippen molar-refractivity contribution >= 4 is 17.3 Å². The highest BCUT2D eigenvalue weighted by Gasteiger charge is 2.67. The van der Waals surface area contributed by atoms with E-state index in [1.807, 2.05) is 0 Å². The van der Waals surface area contributed by atoms with Gasteiger partial charge in [0.25, 0.3) is 0 Å². The number of benzene rings is 2. The molecule has 0 aromatic heterocycles. The maximum atomic E-state index is 13.8. The summed E-state index contributed by atoms with van der Waals surface area (Å²) in [5.41, 5.74) is -3.67. The number of fused-ring (bicyclic) bond motifs is 3. The number of nitrogens with zero attached hydrogens (tertiary/aromatic N) is 1. The second-order valence-electron chi connectivity index (χ2n) is 10.2. The zero-order chi connectivity index (χ0) is 27.8. The third kappa shape index (κ3) is 3.24. The lowest BCUT2D eigenvalue weighted by molar-refractivity contribution is -0.161. The third-order valence-electron chi connectivity index (χ3n) is 8.00. The molecule has 2 aromatic carbocycles. The molecule has 0 bridgehead atoms. The van der Waals surface area contributed by atoms with Crippen molar-refractivity contribution in [3.63, 3.8) is 0 Å². The second-order valence-corrected chi connectivity index (χ2v) is 10.2. The zero-order valence-electron chi connectivity index (χ0n) is 20.7. The topological polar surface area (TPSA) is 156 Å². The van der Waals surface area contributed by atoms with Crippen LogP contribution in [0.15, 0.2) is 65.1 Å². The minimum atomic E-state index is -2.93. The summed E-state index contributed by atoms with van der Waals surface area (Å²) in [4.78, 5) is 41.0. The summed E-state index contributed by atoms with van der Waals surface area (Å²) < 4.78 is 13.8. The summed E-state index contributed by atoms with van der Waals surface area (Å²) in [7, 11) is 2.99. The molecule has 9 nitrogen and oxygen atoms in total. The van der Waals surface area contributed by atoms with E-state index in [0.717, 1.165) is 6.92 Å². The van der Waals surface area contributed by atoms with Crippen LogP contribution in [0.4, 0.5) is 4.39 Å². The number of carbonyl (C=O) groups excluding carboxylic acids is 3. The van der Waals surface area contributed by atoms with Crippen molar-refractivity contribution in [1.82, 2.24) is 4.90 Å². The van der Waals surface area contributed by atoms with Crippen LogP contribution in [0.3, 0.4) is 0 Å². The summed E-state index contributed by atoms with van der Waals surface area (Å²) in [6.07, 6.45) is -1.73. The Labute approximate surface area is 216 Å². The van der Waals surface area contributed by atoms with Crippen molar-refractivity contribution in [2.45, 2.75) is 30.6 Å². The van der Waals surface area contributed by atoms with Crippen molar-refractivity contribution in [2.24, 2.45) is 11.8 Å². The van der Waals surface area contributed by atoms with Gasteiger partial charge in [-0.2, -0.15) is 0 Å². The number of Topliss-reactive ketones (excluding diaryl/α,β-unsaturated/α-hetero) is 3. The van der Waals surface area contributed by atoms with Crippen LogP contribution in [0.5, 0.6) is 5.75 Å². The highest BCUT2D eigenvalue weighted by molar-refractivity contribution is 6.25. The smallest absolute Gasteiger partial charge is 0.209 e. The molecule has 0 spiro atoms. The van der Waals surface area contributed by atoms with Gasteiger partial charge in [-0.15, -0.1) is 0 Å². The van der Waals surface area contributed by atoms with Crippen LogP contribution in [-0.4, -0.2) is 79.6 Å². The Morgan fingerprint density at radius 1 is 1.03 bits per heavy atom. The first-order chi connectivity index (χ1) is 17.8. The quantitative estimate of drug-likeness (QED) is 0.380. The number of ketones is 3. The molecule has 5 N–H and O–H groups in total. The van der Waals surface area contributed by atoms with Crippen molar-refractivity contribution < 1.29 is 44.3 Å². The normalized spacial score (nSPS) is 30.8. The number of halogens is 1. The van der Waals surface area contributed by atoms with Gasteiger partial charge in [0.1, 0.15) is 28.7 Å². The van der Waals surface area contributed by atoms with Gasteiger partial charge in [-0.1, -0.05) is 24.3 Å². The minimum absolute atomic E-state index is 0.202. The largest absolute Gasteiger partial charge is 0.510 e. The van der Waals surface area contributed by atoms with Gasteiger partial charge in [0.05, 0.1) is 23.6 Å². The first-order valence-electron chi connectivity index (χ1n) is 11.9. The number of phenols is 1. The van der Waals surface area contributed by atoms with Crippen LogP contribution < -0.4 is 0 Å². The minimum Gasteiger partial charge on any atom is -0.510 e. The molecule has 0 amide bonds. The Hall–Kier alpha value is -3.86. The van der Waals surface area contributed by atoms with E-state index < -0.39 is 87.1 Å². The monoisotopic (exact) mass is 523 g/mol. The van der Waals surface area contributed by atoms with E-state index in [4.69, 9.17) is 0 Å². The molecule has 198 valence electrons. The van der Waals surface area contributed by atoms with E-state index in [1.165, 1.54) is 55.4 Å². The molecule has 0 aliphatic heterocycles. The molecule has 5 rings (SSSR count). The van der Waals surface area contributed by atoms with Gasteiger partial charge in [0, 0.05) is 17.4 Å². The van der Waals surface area contributed by atoms with Gasteiger partial charge in [0.2, 0.25) is 5.78 Å². The SMILES string of the molecule is CC(=O)C1=C(O)[C@@H](N(C)C)[C@@H]2[C@@H](O)[C@H]3C(=C(O)[C@]2(O)C1=O)C(=O)c1c(O)cccc1[C@H]3c1ccc(F)cc1. The van der Waals surface area contributed by atoms with E-state index in [0.29, 0.717) is 11.1 Å². The molecule has 6 atom stereocenters. The van der Waals surface area contributed by atoms with Crippen molar-refractivity contribution in [2.75, 3.05) is 14.1 Å². The molecule has 3 aliphatic rings. The summed E-state index contributed by atoms with van der Waals surface area (Å²) in [5, 5.41) is 56.8. The second kappa shape index (κ2) is 8.59. The van der Waals surface area contributed by atoms with E-state index in [-0.39, 0.29) is 5.56 Å². The first kappa shape index (κ1) is 25.8. The van der Waals surface area contributed by atoms with E-state index in [2.05, 4.69) is 0 Å². The van der Waals surface area contributed by atoms with Crippen molar-refractivity contribution in [3.05, 3.63) is 87.6 Å². The van der Waals surface area contributed by atoms with Crippen LogP contribution in [0.2, 0.25) is 0 Å². The Kier molecular flexibility index (Phi) is 5.82. The number of likely N-dealkylation sites (N-methyl/N-ethyl adjacent to an activating group) is 1. The Bertz CT molecular complexity index is 1460. The number of carbonyl (C=O) groups is 3. The molecule has 0 unspecified atom stereocenters. The molecule has 10 heteroatoms. The van der Waals surface area contributed by atoms with Gasteiger partial charge in [-0.3, -0.25) is 19.3 Å². The summed E-state index contributed by atoms with van der Waals surface area (Å²) in [6.45, 7) is 1.01. The summed E-state index contributed by atoms with van der Waals surface area (Å²) >= 11 is 0. The summed E-state index contributed by atoms with van der Waals surface area (Å²) in [6, 6.07) is 8.26. The molecule has 0 radical (unpaired) electrons. The fraction of sp³-hybridized carbons (Fsp3) is 0.321. The molecule has 0 saturated carbocycles. The maximum Gasteiger partial charge on any atom is 0.209 e. The lowest BCUT2D eigenvalue weighted by atomic mass is 9.54. The van der Waals surface area contributed by atoms with Crippen LogP contribution in [0.25, 0.3) is 0 Å². The predicted octanol–water partition coefficient (Wildman–Crippen LogP) is 1.92. The fourth-order valence-corrected chi connectivity index (χ4v) is 6.44. The maximum absolute atomic E-state index is 13.8. The van der Waals surface area contributed by atoms with E-state index >= 15 is 0 Å².